The van der Waals surface area contributed by atoms with E-state index in [2.05, 4.69) is 0 Å². The molecule has 86 valence electrons. The zero-order valence-electron chi connectivity index (χ0n) is 9.97. The van der Waals surface area contributed by atoms with Gasteiger partial charge in [-0.1, -0.05) is 27.7 Å². The second-order valence-corrected chi connectivity index (χ2v) is 5.13. The van der Waals surface area contributed by atoms with Crippen molar-refractivity contribution >= 4 is 7.85 Å². The van der Waals surface area contributed by atoms with Crippen molar-refractivity contribution in [2.75, 3.05) is 6.61 Å². The van der Waals surface area contributed by atoms with E-state index in [0.717, 1.165) is 0 Å². The molecule has 15 heavy (non-hydrogen) atoms. The van der Waals surface area contributed by atoms with Crippen LogP contribution in [0.4, 0.5) is 0 Å². The third-order valence-corrected chi connectivity index (χ3v) is 3.89. The molecule has 0 saturated carbocycles. The first-order chi connectivity index (χ1) is 6.84. The van der Waals surface area contributed by atoms with Crippen LogP contribution in [0.1, 0.15) is 27.7 Å². The summed E-state index contributed by atoms with van der Waals surface area (Å²) < 4.78 is 5.37. The lowest BCUT2D eigenvalue weighted by Gasteiger charge is -2.51. The smallest absolute Gasteiger partial charge is 0.112 e. The zero-order chi connectivity index (χ0) is 11.8. The predicted molar refractivity (Wildman–Crippen MR) is 59.6 cm³/mol. The van der Waals surface area contributed by atoms with Crippen molar-refractivity contribution in [2.45, 2.75) is 45.9 Å². The summed E-state index contributed by atoms with van der Waals surface area (Å²) in [6, 6.07) is -0.773. The molecular weight excluding hydrogens is 191 g/mol. The van der Waals surface area contributed by atoms with E-state index in [1.54, 1.807) is 0 Å². The third-order valence-electron chi connectivity index (χ3n) is 3.89. The van der Waals surface area contributed by atoms with Crippen LogP contribution in [-0.4, -0.2) is 42.9 Å². The predicted octanol–water partition coefficient (Wildman–Crippen LogP) is 0.531. The molecule has 0 aliphatic carbocycles. The highest BCUT2D eigenvalue weighted by Crippen LogP contribution is 2.44. The Labute approximate surface area is 93.2 Å². The number of hydrogen-bond donors (Lipinski definition) is 2. The molecule has 1 saturated heterocycles. The molecular formula is C11H21BO3. The Hall–Kier alpha value is -0.0551. The average Bonchev–Trinajstić information content (AvgIpc) is 2.14. The fourth-order valence-electron chi connectivity index (χ4n) is 2.61. The number of aliphatic hydroxyl groups excluding tert-OH is 2. The fraction of sp³-hybridized carbons (Fsp3) is 1.00. The summed E-state index contributed by atoms with van der Waals surface area (Å²) in [6.07, 6.45) is -1.82. The van der Waals surface area contributed by atoms with E-state index in [-0.39, 0.29) is 11.8 Å². The van der Waals surface area contributed by atoms with Crippen LogP contribution in [0.15, 0.2) is 0 Å². The SMILES string of the molecule is [B]C1OCC(C(C)C)(C(C)C)C(O)C1O. The molecule has 1 aliphatic heterocycles. The molecule has 0 aromatic heterocycles. The molecule has 2 N–H and O–H groups in total. The average molecular weight is 212 g/mol. The van der Waals surface area contributed by atoms with Gasteiger partial charge in [0, 0.05) is 11.4 Å². The normalized spacial score (nSPS) is 36.1. The molecule has 1 aliphatic rings. The number of ether oxygens (including phenoxy) is 1. The number of aliphatic hydroxyl groups is 2. The Kier molecular flexibility index (Phi) is 3.85. The van der Waals surface area contributed by atoms with Crippen LogP contribution in [0.5, 0.6) is 0 Å². The van der Waals surface area contributed by atoms with Gasteiger partial charge in [-0.05, 0) is 11.8 Å². The second-order valence-electron chi connectivity index (χ2n) is 5.13. The maximum Gasteiger partial charge on any atom is 0.112 e. The third kappa shape index (κ3) is 1.95. The van der Waals surface area contributed by atoms with Crippen LogP contribution in [-0.2, 0) is 4.74 Å². The van der Waals surface area contributed by atoms with Crippen molar-refractivity contribution in [1.29, 1.82) is 0 Å². The summed E-state index contributed by atoms with van der Waals surface area (Å²) in [5, 5.41) is 20.0. The van der Waals surface area contributed by atoms with E-state index >= 15 is 0 Å². The van der Waals surface area contributed by atoms with Gasteiger partial charge in [0.05, 0.1) is 18.8 Å². The van der Waals surface area contributed by atoms with Crippen molar-refractivity contribution in [3.05, 3.63) is 0 Å². The molecule has 0 spiro atoms. The van der Waals surface area contributed by atoms with Gasteiger partial charge in [0.25, 0.3) is 0 Å². The molecule has 1 heterocycles. The van der Waals surface area contributed by atoms with Crippen molar-refractivity contribution in [3.8, 4) is 0 Å². The number of rotatable bonds is 2. The van der Waals surface area contributed by atoms with Gasteiger partial charge in [-0.15, -0.1) is 0 Å². The Bertz CT molecular complexity index is 210. The topological polar surface area (TPSA) is 49.7 Å². The summed E-state index contributed by atoms with van der Waals surface area (Å²) >= 11 is 0. The van der Waals surface area contributed by atoms with Crippen molar-refractivity contribution in [2.24, 2.45) is 17.3 Å². The van der Waals surface area contributed by atoms with Gasteiger partial charge < -0.3 is 14.9 Å². The first-order valence-electron chi connectivity index (χ1n) is 5.57. The highest BCUT2D eigenvalue weighted by atomic mass is 16.5. The maximum absolute atomic E-state index is 10.2. The van der Waals surface area contributed by atoms with Gasteiger partial charge in [-0.2, -0.15) is 0 Å². The molecule has 3 nitrogen and oxygen atoms in total. The summed E-state index contributed by atoms with van der Waals surface area (Å²) in [5.41, 5.74) is -0.407. The highest BCUT2D eigenvalue weighted by molar-refractivity contribution is 6.11. The molecule has 0 amide bonds. The Morgan fingerprint density at radius 3 is 2.07 bits per heavy atom. The van der Waals surface area contributed by atoms with Gasteiger partial charge in [-0.3, -0.25) is 0 Å². The fourth-order valence-corrected chi connectivity index (χ4v) is 2.61. The van der Waals surface area contributed by atoms with E-state index in [4.69, 9.17) is 12.6 Å². The minimum absolute atomic E-state index is 0.231. The molecule has 0 aromatic rings. The van der Waals surface area contributed by atoms with E-state index in [1.165, 1.54) is 0 Å². The minimum atomic E-state index is -0.997. The second kappa shape index (κ2) is 4.44. The van der Waals surface area contributed by atoms with Gasteiger partial charge in [0.15, 0.2) is 0 Å². The Morgan fingerprint density at radius 2 is 1.67 bits per heavy atom. The molecule has 1 fully saturated rings. The van der Waals surface area contributed by atoms with E-state index in [9.17, 15) is 10.2 Å². The zero-order valence-corrected chi connectivity index (χ0v) is 9.97. The van der Waals surface area contributed by atoms with Crippen LogP contribution in [0.25, 0.3) is 0 Å². The Balaban J connectivity index is 2.99. The van der Waals surface area contributed by atoms with Gasteiger partial charge in [-0.25, -0.2) is 0 Å². The molecule has 2 radical (unpaired) electrons. The maximum atomic E-state index is 10.2. The number of hydrogen-bond acceptors (Lipinski definition) is 3. The summed E-state index contributed by atoms with van der Waals surface area (Å²) in [4.78, 5) is 0. The first-order valence-corrected chi connectivity index (χ1v) is 5.57. The van der Waals surface area contributed by atoms with Crippen LogP contribution in [0.3, 0.4) is 0 Å². The van der Waals surface area contributed by atoms with E-state index in [0.29, 0.717) is 6.61 Å². The first kappa shape index (κ1) is 13.0. The van der Waals surface area contributed by atoms with Gasteiger partial charge >= 0.3 is 0 Å². The van der Waals surface area contributed by atoms with Crippen LogP contribution < -0.4 is 0 Å². The van der Waals surface area contributed by atoms with Gasteiger partial charge in [0.1, 0.15) is 7.85 Å². The Morgan fingerprint density at radius 1 is 1.20 bits per heavy atom. The minimum Gasteiger partial charge on any atom is -0.390 e. The molecule has 3 unspecified atom stereocenters. The van der Waals surface area contributed by atoms with Crippen LogP contribution in [0, 0.1) is 17.3 Å². The molecule has 0 aromatic carbocycles. The van der Waals surface area contributed by atoms with Crippen LogP contribution >= 0.6 is 0 Å². The highest BCUT2D eigenvalue weighted by Gasteiger charge is 2.51. The molecule has 0 bridgehead atoms. The lowest BCUT2D eigenvalue weighted by atomic mass is 9.61. The standard InChI is InChI=1S/C11H21BO3/c1-6(2)11(7(3)4)5-15-10(12)8(13)9(11)14/h6-10,13-14H,5H2,1-4H3. The van der Waals surface area contributed by atoms with Crippen molar-refractivity contribution in [3.63, 3.8) is 0 Å². The van der Waals surface area contributed by atoms with E-state index < -0.39 is 23.6 Å². The van der Waals surface area contributed by atoms with Crippen LogP contribution in [0.2, 0.25) is 0 Å². The quantitative estimate of drug-likeness (QED) is 0.656. The van der Waals surface area contributed by atoms with E-state index in [1.807, 2.05) is 27.7 Å². The monoisotopic (exact) mass is 212 g/mol. The lowest BCUT2D eigenvalue weighted by molar-refractivity contribution is -0.210. The van der Waals surface area contributed by atoms with Crippen molar-refractivity contribution in [1.82, 2.24) is 0 Å². The molecule has 1 rings (SSSR count). The molecule has 4 heteroatoms. The molecule has 3 atom stereocenters. The van der Waals surface area contributed by atoms with Gasteiger partial charge in [0.2, 0.25) is 0 Å². The van der Waals surface area contributed by atoms with Crippen molar-refractivity contribution < 1.29 is 14.9 Å². The lowest BCUT2D eigenvalue weighted by Crippen LogP contribution is -2.61. The summed E-state index contributed by atoms with van der Waals surface area (Å²) in [6.45, 7) is 8.56. The summed E-state index contributed by atoms with van der Waals surface area (Å²) in [5.74, 6) is 0.462. The largest absolute Gasteiger partial charge is 0.390 e. The summed E-state index contributed by atoms with van der Waals surface area (Å²) in [7, 11) is 5.56.